The summed E-state index contributed by atoms with van der Waals surface area (Å²) < 4.78 is 0. The minimum absolute atomic E-state index is 0.546. The van der Waals surface area contributed by atoms with E-state index in [1.54, 1.807) is 6.20 Å². The molecule has 0 saturated heterocycles. The third kappa shape index (κ3) is 0.561. The highest BCUT2D eigenvalue weighted by atomic mass is 15.1. The van der Waals surface area contributed by atoms with E-state index in [0.29, 0.717) is 11.5 Å². The van der Waals surface area contributed by atoms with Gasteiger partial charge in [0.15, 0.2) is 12.1 Å². The van der Waals surface area contributed by atoms with Crippen LogP contribution in [-0.2, 0) is 0 Å². The normalized spacial score (nSPS) is 12.9. The Kier molecular flexibility index (Phi) is 0.745. The zero-order valence-electron chi connectivity index (χ0n) is 4.37. The van der Waals surface area contributed by atoms with Gasteiger partial charge in [0, 0.05) is 0 Å². The minimum Gasteiger partial charge on any atom is -0.231 e. The number of hydrogen-bond acceptors (Lipinski definition) is 3. The molecule has 1 aromatic rings. The summed E-state index contributed by atoms with van der Waals surface area (Å²) in [4.78, 5) is 11.1. The lowest BCUT2D eigenvalue weighted by Crippen LogP contribution is -1.88. The molecule has 2 rings (SSSR count). The Hall–Kier alpha value is -1.45. The maximum Gasteiger partial charge on any atom is 0.200 e. The number of nitrogens with zero attached hydrogens (tertiary/aromatic N) is 4. The van der Waals surface area contributed by atoms with E-state index in [9.17, 15) is 0 Å². The average Bonchev–Trinajstić information content (AvgIpc) is 2.33. The van der Waals surface area contributed by atoms with Crippen LogP contribution in [0.1, 0.15) is 0 Å². The van der Waals surface area contributed by atoms with E-state index in [1.807, 2.05) is 0 Å². The molecule has 41 valence electrons. The van der Waals surface area contributed by atoms with E-state index in [2.05, 4.69) is 32.9 Å². The third-order valence-corrected chi connectivity index (χ3v) is 0.956. The van der Waals surface area contributed by atoms with Crippen molar-refractivity contribution >= 4 is 17.8 Å². The predicted molar refractivity (Wildman–Crippen MR) is 29.8 cm³/mol. The molecule has 3 radical (unpaired) electrons. The Morgan fingerprint density at radius 3 is 3.33 bits per heavy atom. The van der Waals surface area contributed by atoms with Crippen LogP contribution in [0.2, 0.25) is 0 Å². The van der Waals surface area contributed by atoms with Crippen molar-refractivity contribution in [1.29, 1.82) is 0 Å². The van der Waals surface area contributed by atoms with E-state index >= 15 is 0 Å². The molecule has 0 spiro atoms. The lowest BCUT2D eigenvalue weighted by molar-refractivity contribution is 1.10. The first kappa shape index (κ1) is 4.43. The van der Waals surface area contributed by atoms with Crippen molar-refractivity contribution in [3.05, 3.63) is 12.5 Å². The molecular formula is C5HN4. The fourth-order valence-corrected chi connectivity index (χ4v) is 0.569. The zero-order valence-corrected chi connectivity index (χ0v) is 4.37. The van der Waals surface area contributed by atoms with Gasteiger partial charge in [0.05, 0.1) is 6.20 Å². The lowest BCUT2D eigenvalue weighted by Gasteiger charge is -1.87. The summed E-state index contributed by atoms with van der Waals surface area (Å²) in [6.07, 6.45) is 6.36. The van der Waals surface area contributed by atoms with Gasteiger partial charge in [0.25, 0.3) is 0 Å². The summed E-state index contributed by atoms with van der Waals surface area (Å²) in [7, 11) is 0. The molecule has 0 saturated carbocycles. The van der Waals surface area contributed by atoms with Crippen LogP contribution < -0.4 is 5.32 Å². The molecule has 9 heavy (non-hydrogen) atoms. The summed E-state index contributed by atoms with van der Waals surface area (Å²) in [6, 6.07) is 0. The lowest BCUT2D eigenvalue weighted by atomic mass is 10.5. The summed E-state index contributed by atoms with van der Waals surface area (Å²) in [5, 5.41) is 3.70. The molecule has 4 nitrogen and oxygen atoms in total. The molecule has 0 N–H and O–H groups in total. The quantitative estimate of drug-likeness (QED) is 0.482. The van der Waals surface area contributed by atoms with Gasteiger partial charge in [-0.1, -0.05) is 0 Å². The van der Waals surface area contributed by atoms with Crippen molar-refractivity contribution in [3.8, 4) is 0 Å². The summed E-state index contributed by atoms with van der Waals surface area (Å²) in [5.41, 5.74) is 0.661. The molecule has 1 aromatic heterocycles. The Labute approximate surface area is 51.7 Å². The van der Waals surface area contributed by atoms with Crippen molar-refractivity contribution in [2.24, 2.45) is 4.99 Å². The van der Waals surface area contributed by atoms with Crippen molar-refractivity contribution in [2.45, 2.75) is 0 Å². The monoisotopic (exact) mass is 117 g/mol. The molecule has 0 unspecified atom stereocenters. The molecule has 2 heterocycles. The maximum atomic E-state index is 3.74. The highest BCUT2D eigenvalue weighted by molar-refractivity contribution is 5.78. The smallest absolute Gasteiger partial charge is 0.200 e. The second-order valence-corrected chi connectivity index (χ2v) is 1.50. The first-order valence-electron chi connectivity index (χ1n) is 2.36. The van der Waals surface area contributed by atoms with Gasteiger partial charge in [-0.3, -0.25) is 0 Å². The number of aliphatic imine (C=N–C) groups is 1. The van der Waals surface area contributed by atoms with E-state index in [0.717, 1.165) is 0 Å². The molecule has 1 aliphatic heterocycles. The van der Waals surface area contributed by atoms with Gasteiger partial charge < -0.3 is 0 Å². The molecule has 4 heteroatoms. The van der Waals surface area contributed by atoms with Gasteiger partial charge in [-0.25, -0.2) is 20.3 Å². The molecule has 1 aliphatic rings. The SMILES string of the molecule is [C]1=Nc2cn[c]nc2[N]1. The van der Waals surface area contributed by atoms with Crippen LogP contribution in [0.4, 0.5) is 11.5 Å². The molecule has 0 aromatic carbocycles. The largest absolute Gasteiger partial charge is 0.231 e. The topological polar surface area (TPSA) is 52.2 Å². The first-order valence-corrected chi connectivity index (χ1v) is 2.36. The fourth-order valence-electron chi connectivity index (χ4n) is 0.569. The molecule has 0 atom stereocenters. The van der Waals surface area contributed by atoms with Gasteiger partial charge in [0.2, 0.25) is 6.34 Å². The van der Waals surface area contributed by atoms with Crippen LogP contribution in [0.15, 0.2) is 11.2 Å². The Balaban J connectivity index is 2.63. The van der Waals surface area contributed by atoms with Gasteiger partial charge in [-0.15, -0.1) is 0 Å². The number of aromatic nitrogens is 2. The van der Waals surface area contributed by atoms with Crippen LogP contribution in [-0.4, -0.2) is 16.3 Å². The predicted octanol–water partition coefficient (Wildman–Crippen LogP) is 0.0631. The zero-order chi connectivity index (χ0) is 6.10. The molecule has 0 bridgehead atoms. The Bertz CT molecular complexity index is 255. The van der Waals surface area contributed by atoms with Crippen molar-refractivity contribution in [1.82, 2.24) is 15.3 Å². The van der Waals surface area contributed by atoms with Gasteiger partial charge in [-0.2, -0.15) is 0 Å². The molecule has 0 aliphatic carbocycles. The standard InChI is InChI=1S/C5HN4/c1-4-5(8-2-6-1)9-3-7-4/h1H. The Morgan fingerprint density at radius 2 is 2.44 bits per heavy atom. The third-order valence-electron chi connectivity index (χ3n) is 0.956. The second kappa shape index (κ2) is 1.51. The van der Waals surface area contributed by atoms with E-state index in [1.165, 1.54) is 0 Å². The second-order valence-electron chi connectivity index (χ2n) is 1.50. The molecule has 0 fully saturated rings. The highest BCUT2D eigenvalue weighted by Crippen LogP contribution is 2.22. The average molecular weight is 117 g/mol. The molecular weight excluding hydrogens is 116 g/mol. The summed E-state index contributed by atoms with van der Waals surface area (Å²) in [5.74, 6) is 0.546. The molecule has 0 amide bonds. The first-order chi connectivity index (χ1) is 4.47. The number of fused-ring (bicyclic) bond motifs is 1. The van der Waals surface area contributed by atoms with E-state index in [4.69, 9.17) is 0 Å². The summed E-state index contributed by atoms with van der Waals surface area (Å²) in [6.45, 7) is 0. The van der Waals surface area contributed by atoms with E-state index in [-0.39, 0.29) is 0 Å². The van der Waals surface area contributed by atoms with Crippen LogP contribution in [0.5, 0.6) is 0 Å². The van der Waals surface area contributed by atoms with E-state index < -0.39 is 0 Å². The van der Waals surface area contributed by atoms with Crippen LogP contribution in [0, 0.1) is 6.33 Å². The van der Waals surface area contributed by atoms with Crippen LogP contribution in [0.3, 0.4) is 0 Å². The van der Waals surface area contributed by atoms with Crippen LogP contribution >= 0.6 is 0 Å². The van der Waals surface area contributed by atoms with Gasteiger partial charge >= 0.3 is 0 Å². The highest BCUT2D eigenvalue weighted by Gasteiger charge is 2.07. The van der Waals surface area contributed by atoms with Crippen molar-refractivity contribution in [2.75, 3.05) is 0 Å². The van der Waals surface area contributed by atoms with Crippen molar-refractivity contribution in [3.63, 3.8) is 0 Å². The minimum atomic E-state index is 0.546. The van der Waals surface area contributed by atoms with Crippen LogP contribution in [0.25, 0.3) is 0 Å². The fraction of sp³-hybridized carbons (Fsp3) is 0. The van der Waals surface area contributed by atoms with Gasteiger partial charge in [0.1, 0.15) is 5.69 Å². The summed E-state index contributed by atoms with van der Waals surface area (Å²) >= 11 is 0. The number of hydrogen-bond donors (Lipinski definition) is 0. The maximum absolute atomic E-state index is 3.74. The Morgan fingerprint density at radius 1 is 1.44 bits per heavy atom. The number of rotatable bonds is 0. The van der Waals surface area contributed by atoms with Gasteiger partial charge in [-0.05, 0) is 0 Å². The van der Waals surface area contributed by atoms with Crippen molar-refractivity contribution < 1.29 is 0 Å².